The van der Waals surface area contributed by atoms with Gasteiger partial charge in [0.05, 0.1) is 5.02 Å². The van der Waals surface area contributed by atoms with Gasteiger partial charge in [0.15, 0.2) is 4.99 Å². The molecule has 4 rings (SSSR count). The molecule has 0 bridgehead atoms. The Morgan fingerprint density at radius 3 is 2.30 bits per heavy atom. The highest BCUT2D eigenvalue weighted by Crippen LogP contribution is 2.28. The summed E-state index contributed by atoms with van der Waals surface area (Å²) in [7, 11) is 3.47. The molecule has 2 aromatic rings. The smallest absolute Gasteiger partial charge is 0.284 e. The van der Waals surface area contributed by atoms with E-state index in [0.717, 1.165) is 31.6 Å². The van der Waals surface area contributed by atoms with E-state index in [9.17, 15) is 14.4 Å². The third kappa shape index (κ3) is 8.25. The number of thiocarbonyl (C=S) groups is 1. The van der Waals surface area contributed by atoms with Gasteiger partial charge < -0.3 is 25.8 Å². The number of rotatable bonds is 6. The van der Waals surface area contributed by atoms with Gasteiger partial charge in [0.1, 0.15) is 5.82 Å². The fourth-order valence-electron chi connectivity index (χ4n) is 5.20. The van der Waals surface area contributed by atoms with Crippen molar-refractivity contribution in [3.8, 4) is 0 Å². The van der Waals surface area contributed by atoms with Gasteiger partial charge in [-0.1, -0.05) is 23.8 Å². The third-order valence-electron chi connectivity index (χ3n) is 7.35. The largest absolute Gasteiger partial charge is 0.371 e. The van der Waals surface area contributed by atoms with E-state index in [2.05, 4.69) is 30.8 Å². The zero-order valence-electron chi connectivity index (χ0n) is 22.5. The zero-order valence-corrected chi connectivity index (χ0v) is 24.9. The Morgan fingerprint density at radius 2 is 1.68 bits per heavy atom. The number of halogens is 2. The van der Waals surface area contributed by atoms with Crippen LogP contribution in [0.15, 0.2) is 42.9 Å². The van der Waals surface area contributed by atoms with Crippen LogP contribution in [0.4, 0.5) is 11.5 Å². The van der Waals surface area contributed by atoms with E-state index >= 15 is 0 Å². The number of carbonyl (C=O) groups is 3. The molecule has 3 heterocycles. The number of nitrogens with one attached hydrogen (secondary N) is 3. The van der Waals surface area contributed by atoms with Crippen LogP contribution in [0, 0.1) is 11.8 Å². The molecule has 13 heteroatoms. The number of pyridine rings is 2. The molecule has 0 unspecified atom stereocenters. The van der Waals surface area contributed by atoms with Crippen molar-refractivity contribution < 1.29 is 14.4 Å². The molecule has 2 aliphatic rings. The Balaban J connectivity index is 0.00000441. The summed E-state index contributed by atoms with van der Waals surface area (Å²) in [5, 5.41) is 9.45. The molecule has 1 aliphatic carbocycles. The maximum absolute atomic E-state index is 13.4. The van der Waals surface area contributed by atoms with Crippen molar-refractivity contribution in [2.24, 2.45) is 11.8 Å². The molecule has 0 radical (unpaired) electrons. The lowest BCUT2D eigenvalue weighted by Gasteiger charge is -2.39. The lowest BCUT2D eigenvalue weighted by molar-refractivity contribution is -0.135. The molecule has 3 amide bonds. The SMILES string of the molecule is CN(C)C(=O)[C@H]1CC[C@H](NC(=S)C(=O)Nc2ccc(Cl)cn2)[C@H](NC(=O)C2CCN(c3ccncc3)CC2)C1.Cl. The highest BCUT2D eigenvalue weighted by molar-refractivity contribution is 7.82. The predicted molar refractivity (Wildman–Crippen MR) is 162 cm³/mol. The van der Waals surface area contributed by atoms with Crippen molar-refractivity contribution >= 4 is 70.4 Å². The maximum atomic E-state index is 13.4. The van der Waals surface area contributed by atoms with Gasteiger partial charge in [0, 0.05) is 75.4 Å². The molecule has 2 fully saturated rings. The Morgan fingerprint density at radius 1 is 0.975 bits per heavy atom. The number of aromatic nitrogens is 2. The van der Waals surface area contributed by atoms with Crippen molar-refractivity contribution in [2.75, 3.05) is 37.4 Å². The monoisotopic (exact) mass is 607 g/mol. The van der Waals surface area contributed by atoms with Gasteiger partial charge in [-0.3, -0.25) is 19.4 Å². The van der Waals surface area contributed by atoms with Crippen molar-refractivity contribution in [2.45, 2.75) is 44.2 Å². The number of anilines is 2. The summed E-state index contributed by atoms with van der Waals surface area (Å²) in [6, 6.07) is 6.53. The molecule has 0 spiro atoms. The molecule has 3 N–H and O–H groups in total. The number of amides is 3. The quantitative estimate of drug-likeness (QED) is 0.429. The number of hydrogen-bond acceptors (Lipinski definition) is 7. The van der Waals surface area contributed by atoms with E-state index in [1.54, 1.807) is 43.5 Å². The van der Waals surface area contributed by atoms with Crippen LogP contribution in [0.25, 0.3) is 0 Å². The lowest BCUT2D eigenvalue weighted by Crippen LogP contribution is -2.58. The van der Waals surface area contributed by atoms with Crippen LogP contribution < -0.4 is 20.9 Å². The first-order valence-corrected chi connectivity index (χ1v) is 13.9. The average molecular weight is 609 g/mol. The number of carbonyl (C=O) groups excluding carboxylic acids is 3. The summed E-state index contributed by atoms with van der Waals surface area (Å²) < 4.78 is 0. The lowest BCUT2D eigenvalue weighted by atomic mass is 9.81. The summed E-state index contributed by atoms with van der Waals surface area (Å²) in [5.41, 5.74) is 1.10. The van der Waals surface area contributed by atoms with Gasteiger partial charge >= 0.3 is 0 Å². The van der Waals surface area contributed by atoms with Crippen LogP contribution in [0.3, 0.4) is 0 Å². The van der Waals surface area contributed by atoms with Crippen molar-refractivity contribution in [3.63, 3.8) is 0 Å². The maximum Gasteiger partial charge on any atom is 0.284 e. The summed E-state index contributed by atoms with van der Waals surface area (Å²) in [5.74, 6) is -0.499. The van der Waals surface area contributed by atoms with Crippen LogP contribution in [-0.2, 0) is 14.4 Å². The Kier molecular flexibility index (Phi) is 11.5. The van der Waals surface area contributed by atoms with E-state index in [4.69, 9.17) is 23.8 Å². The first-order valence-electron chi connectivity index (χ1n) is 13.1. The van der Waals surface area contributed by atoms with E-state index in [0.29, 0.717) is 30.1 Å². The molecule has 1 saturated heterocycles. The third-order valence-corrected chi connectivity index (χ3v) is 7.88. The predicted octanol–water partition coefficient (Wildman–Crippen LogP) is 3.07. The Bertz CT molecular complexity index is 1180. The Labute approximate surface area is 251 Å². The first-order chi connectivity index (χ1) is 18.7. The van der Waals surface area contributed by atoms with E-state index in [-0.39, 0.29) is 53.1 Å². The van der Waals surface area contributed by atoms with E-state index in [1.807, 2.05) is 12.1 Å². The van der Waals surface area contributed by atoms with Crippen molar-refractivity contribution in [1.82, 2.24) is 25.5 Å². The first kappa shape index (κ1) is 31.5. The fourth-order valence-corrected chi connectivity index (χ4v) is 5.52. The Hall–Kier alpha value is -3.02. The second-order valence-corrected chi connectivity index (χ2v) is 11.1. The molecule has 10 nitrogen and oxygen atoms in total. The van der Waals surface area contributed by atoms with Crippen LogP contribution in [0.2, 0.25) is 5.02 Å². The minimum atomic E-state index is -0.500. The number of piperidine rings is 1. The van der Waals surface area contributed by atoms with Crippen LogP contribution in [-0.4, -0.2) is 76.8 Å². The zero-order chi connectivity index (χ0) is 27.9. The van der Waals surface area contributed by atoms with Gasteiger partial charge in [0.2, 0.25) is 11.8 Å². The van der Waals surface area contributed by atoms with Gasteiger partial charge in [-0.2, -0.15) is 0 Å². The van der Waals surface area contributed by atoms with Crippen LogP contribution >= 0.6 is 36.2 Å². The summed E-state index contributed by atoms with van der Waals surface area (Å²) >= 11 is 11.2. The van der Waals surface area contributed by atoms with Crippen LogP contribution in [0.1, 0.15) is 32.1 Å². The molecule has 216 valence electrons. The molecule has 2 aromatic heterocycles. The second kappa shape index (κ2) is 14.6. The summed E-state index contributed by atoms with van der Waals surface area (Å²) in [6.45, 7) is 1.55. The van der Waals surface area contributed by atoms with Gasteiger partial charge in [0.25, 0.3) is 5.91 Å². The number of hydrogen-bond donors (Lipinski definition) is 3. The average Bonchev–Trinajstić information content (AvgIpc) is 2.95. The highest BCUT2D eigenvalue weighted by atomic mass is 35.5. The fraction of sp³-hybridized carbons (Fsp3) is 0.481. The summed E-state index contributed by atoms with van der Waals surface area (Å²) in [4.78, 5) is 50.8. The second-order valence-electron chi connectivity index (χ2n) is 10.2. The van der Waals surface area contributed by atoms with Crippen molar-refractivity contribution in [1.29, 1.82) is 0 Å². The molecule has 1 aliphatic heterocycles. The van der Waals surface area contributed by atoms with E-state index < -0.39 is 5.91 Å². The van der Waals surface area contributed by atoms with Crippen molar-refractivity contribution in [3.05, 3.63) is 47.9 Å². The number of nitrogens with zero attached hydrogens (tertiary/aromatic N) is 4. The van der Waals surface area contributed by atoms with Gasteiger partial charge in [-0.15, -0.1) is 12.4 Å². The minimum Gasteiger partial charge on any atom is -0.371 e. The minimum absolute atomic E-state index is 0. The molecular weight excluding hydrogens is 573 g/mol. The van der Waals surface area contributed by atoms with E-state index in [1.165, 1.54) is 6.20 Å². The normalized spacial score (nSPS) is 21.0. The molecule has 3 atom stereocenters. The molecule has 1 saturated carbocycles. The van der Waals surface area contributed by atoms with Crippen LogP contribution in [0.5, 0.6) is 0 Å². The standard InChI is InChI=1S/C27H34ClN7O3S.ClH/c1-34(2)27(38)18-3-5-21(32-26(39)25(37)33-23-6-4-19(28)16-30-23)22(15-18)31-24(36)17-9-13-35(14-10-17)20-7-11-29-12-8-20;/h4,6-8,11-12,16-18,21-22H,3,5,9-10,13-15H2,1-2H3,(H,31,36)(H,32,39)(H,30,33,37);1H/t18-,21-,22+;/m0./s1. The highest BCUT2D eigenvalue weighted by Gasteiger charge is 2.37. The topological polar surface area (TPSA) is 120 Å². The molecular formula is C27H35Cl2N7O3S. The molecule has 0 aromatic carbocycles. The molecule has 40 heavy (non-hydrogen) atoms. The summed E-state index contributed by atoms with van der Waals surface area (Å²) in [6.07, 6.45) is 8.13. The van der Waals surface area contributed by atoms with Gasteiger partial charge in [-0.05, 0) is 56.4 Å². The van der Waals surface area contributed by atoms with Gasteiger partial charge in [-0.25, -0.2) is 4.98 Å².